The molecule has 0 aliphatic rings. The minimum absolute atomic E-state index is 0.142. The van der Waals surface area contributed by atoms with Crippen LogP contribution in [0, 0.1) is 12.8 Å². The van der Waals surface area contributed by atoms with Crippen molar-refractivity contribution in [2.45, 2.75) is 18.7 Å². The lowest BCUT2D eigenvalue weighted by Gasteiger charge is -2.09. The van der Waals surface area contributed by atoms with E-state index < -0.39 is 11.9 Å². The van der Waals surface area contributed by atoms with Gasteiger partial charge in [-0.05, 0) is 18.6 Å². The van der Waals surface area contributed by atoms with Gasteiger partial charge in [0.1, 0.15) is 0 Å². The molecule has 1 aromatic rings. The second-order valence-corrected chi connectivity index (χ2v) is 5.11. The van der Waals surface area contributed by atoms with Crippen LogP contribution in [0.1, 0.15) is 12.5 Å². The van der Waals surface area contributed by atoms with Crippen molar-refractivity contribution in [3.05, 3.63) is 29.8 Å². The highest BCUT2D eigenvalue weighted by Gasteiger charge is 2.12. The van der Waals surface area contributed by atoms with Crippen molar-refractivity contribution >= 4 is 23.6 Å². The van der Waals surface area contributed by atoms with E-state index in [4.69, 9.17) is 5.11 Å². The first-order valence-electron chi connectivity index (χ1n) is 5.68. The Kier molecular flexibility index (Phi) is 5.71. The minimum Gasteiger partial charge on any atom is -0.481 e. The van der Waals surface area contributed by atoms with Crippen LogP contribution in [0.5, 0.6) is 0 Å². The summed E-state index contributed by atoms with van der Waals surface area (Å²) in [6.45, 7) is 3.73. The molecule has 1 unspecified atom stereocenters. The largest absolute Gasteiger partial charge is 0.481 e. The monoisotopic (exact) mass is 267 g/mol. The van der Waals surface area contributed by atoms with Crippen LogP contribution in [-0.4, -0.2) is 29.3 Å². The molecule has 1 rings (SSSR count). The number of carbonyl (C=O) groups excluding carboxylic acids is 1. The topological polar surface area (TPSA) is 66.4 Å². The average molecular weight is 267 g/mol. The number of nitrogens with one attached hydrogen (secondary N) is 1. The second kappa shape index (κ2) is 7.06. The zero-order valence-electron chi connectivity index (χ0n) is 10.5. The molecule has 5 heteroatoms. The number of carbonyl (C=O) groups is 2. The van der Waals surface area contributed by atoms with Crippen molar-refractivity contribution in [1.82, 2.24) is 5.32 Å². The predicted molar refractivity (Wildman–Crippen MR) is 71.7 cm³/mol. The number of benzene rings is 1. The third-order valence-corrected chi connectivity index (χ3v) is 3.65. The first kappa shape index (κ1) is 14.6. The Morgan fingerprint density at radius 2 is 2.06 bits per heavy atom. The summed E-state index contributed by atoms with van der Waals surface area (Å²) in [7, 11) is 0. The van der Waals surface area contributed by atoms with Crippen LogP contribution in [0.15, 0.2) is 29.2 Å². The Balaban J connectivity index is 2.34. The van der Waals surface area contributed by atoms with E-state index in [-0.39, 0.29) is 12.5 Å². The van der Waals surface area contributed by atoms with E-state index >= 15 is 0 Å². The van der Waals surface area contributed by atoms with Gasteiger partial charge >= 0.3 is 5.97 Å². The Morgan fingerprint density at radius 1 is 1.39 bits per heavy atom. The number of hydrogen-bond acceptors (Lipinski definition) is 3. The third-order valence-electron chi connectivity index (χ3n) is 2.48. The van der Waals surface area contributed by atoms with Gasteiger partial charge in [-0.15, -0.1) is 11.8 Å². The van der Waals surface area contributed by atoms with E-state index in [9.17, 15) is 9.59 Å². The summed E-state index contributed by atoms with van der Waals surface area (Å²) in [5.74, 6) is -1.30. The molecule has 1 amide bonds. The summed E-state index contributed by atoms with van der Waals surface area (Å²) in [6.07, 6.45) is 0. The van der Waals surface area contributed by atoms with Crippen LogP contribution in [0.25, 0.3) is 0 Å². The van der Waals surface area contributed by atoms with E-state index in [0.717, 1.165) is 10.5 Å². The molecule has 4 nitrogen and oxygen atoms in total. The maximum Gasteiger partial charge on any atom is 0.308 e. The molecule has 0 spiro atoms. The zero-order valence-corrected chi connectivity index (χ0v) is 11.3. The summed E-state index contributed by atoms with van der Waals surface area (Å²) in [4.78, 5) is 23.2. The minimum atomic E-state index is -0.901. The van der Waals surface area contributed by atoms with Gasteiger partial charge in [0.25, 0.3) is 0 Å². The number of hydrogen-bond donors (Lipinski definition) is 2. The molecule has 0 aromatic heterocycles. The molecule has 1 aromatic carbocycles. The maximum absolute atomic E-state index is 11.5. The van der Waals surface area contributed by atoms with Gasteiger partial charge in [0.15, 0.2) is 0 Å². The number of aliphatic carboxylic acids is 1. The number of amides is 1. The summed E-state index contributed by atoms with van der Waals surface area (Å²) in [5.41, 5.74) is 1.13. The Morgan fingerprint density at radius 3 is 2.67 bits per heavy atom. The first-order chi connectivity index (χ1) is 8.50. The summed E-state index contributed by atoms with van der Waals surface area (Å²) in [5, 5.41) is 11.3. The molecule has 0 aliphatic carbocycles. The highest BCUT2D eigenvalue weighted by molar-refractivity contribution is 8.00. The van der Waals surface area contributed by atoms with Crippen LogP contribution in [0.3, 0.4) is 0 Å². The Bertz CT molecular complexity index is 434. The van der Waals surface area contributed by atoms with Gasteiger partial charge in [-0.3, -0.25) is 9.59 Å². The molecular formula is C13H17NO3S. The molecule has 1 atom stereocenters. The molecule has 2 N–H and O–H groups in total. The van der Waals surface area contributed by atoms with E-state index in [1.165, 1.54) is 11.8 Å². The van der Waals surface area contributed by atoms with Crippen LogP contribution in [-0.2, 0) is 9.59 Å². The van der Waals surface area contributed by atoms with Gasteiger partial charge in [0.05, 0.1) is 11.7 Å². The molecule has 0 heterocycles. The lowest BCUT2D eigenvalue weighted by atomic mass is 10.2. The molecule has 98 valence electrons. The van der Waals surface area contributed by atoms with E-state index in [1.54, 1.807) is 6.92 Å². The summed E-state index contributed by atoms with van der Waals surface area (Å²) < 4.78 is 0. The number of aryl methyl sites for hydroxylation is 1. The van der Waals surface area contributed by atoms with Gasteiger partial charge in [-0.1, -0.05) is 25.1 Å². The molecule has 0 fully saturated rings. The summed E-state index contributed by atoms with van der Waals surface area (Å²) >= 11 is 1.46. The van der Waals surface area contributed by atoms with Crippen LogP contribution < -0.4 is 5.32 Å². The summed E-state index contributed by atoms with van der Waals surface area (Å²) in [6, 6.07) is 7.84. The van der Waals surface area contributed by atoms with Gasteiger partial charge in [0, 0.05) is 11.4 Å². The fraction of sp³-hybridized carbons (Fsp3) is 0.385. The van der Waals surface area contributed by atoms with Crippen LogP contribution in [0.2, 0.25) is 0 Å². The van der Waals surface area contributed by atoms with Crippen LogP contribution in [0.4, 0.5) is 0 Å². The standard InChI is InChI=1S/C13H17NO3S/c1-9-5-3-4-6-11(9)18-8-12(15)14-7-10(2)13(16)17/h3-6,10H,7-8H2,1-2H3,(H,14,15)(H,16,17). The molecular weight excluding hydrogens is 250 g/mol. The fourth-order valence-corrected chi connectivity index (χ4v) is 2.13. The molecule has 0 aliphatic heterocycles. The SMILES string of the molecule is Cc1ccccc1SCC(=O)NCC(C)C(=O)O. The van der Waals surface area contributed by atoms with Gasteiger partial charge < -0.3 is 10.4 Å². The van der Waals surface area contributed by atoms with Crippen molar-refractivity contribution in [2.75, 3.05) is 12.3 Å². The molecule has 0 bridgehead atoms. The highest BCUT2D eigenvalue weighted by Crippen LogP contribution is 2.21. The Labute approximate surface area is 111 Å². The smallest absolute Gasteiger partial charge is 0.308 e. The predicted octanol–water partition coefficient (Wildman–Crippen LogP) is 1.92. The first-order valence-corrected chi connectivity index (χ1v) is 6.67. The molecule has 0 saturated heterocycles. The van der Waals surface area contributed by atoms with E-state index in [0.29, 0.717) is 5.75 Å². The normalized spacial score (nSPS) is 11.9. The van der Waals surface area contributed by atoms with Crippen LogP contribution >= 0.6 is 11.8 Å². The quantitative estimate of drug-likeness (QED) is 0.773. The van der Waals surface area contributed by atoms with Crippen molar-refractivity contribution in [3.63, 3.8) is 0 Å². The molecule has 18 heavy (non-hydrogen) atoms. The molecule has 0 saturated carbocycles. The number of rotatable bonds is 6. The average Bonchev–Trinajstić information content (AvgIpc) is 2.34. The molecule has 0 radical (unpaired) electrons. The third kappa shape index (κ3) is 4.79. The van der Waals surface area contributed by atoms with E-state index in [1.807, 2.05) is 31.2 Å². The van der Waals surface area contributed by atoms with Crippen molar-refractivity contribution in [1.29, 1.82) is 0 Å². The van der Waals surface area contributed by atoms with Gasteiger partial charge in [-0.25, -0.2) is 0 Å². The number of carboxylic acid groups (broad SMARTS) is 1. The van der Waals surface area contributed by atoms with Gasteiger partial charge in [-0.2, -0.15) is 0 Å². The lowest BCUT2D eigenvalue weighted by molar-refractivity contribution is -0.141. The number of thioether (sulfide) groups is 1. The highest BCUT2D eigenvalue weighted by atomic mass is 32.2. The van der Waals surface area contributed by atoms with E-state index in [2.05, 4.69) is 5.32 Å². The zero-order chi connectivity index (χ0) is 13.5. The van der Waals surface area contributed by atoms with Crippen molar-refractivity contribution in [3.8, 4) is 0 Å². The van der Waals surface area contributed by atoms with Gasteiger partial charge in [0.2, 0.25) is 5.91 Å². The van der Waals surface area contributed by atoms with Crippen molar-refractivity contribution in [2.24, 2.45) is 5.92 Å². The Hall–Kier alpha value is -1.49. The lowest BCUT2D eigenvalue weighted by Crippen LogP contribution is -2.32. The van der Waals surface area contributed by atoms with Crippen molar-refractivity contribution < 1.29 is 14.7 Å². The maximum atomic E-state index is 11.5. The second-order valence-electron chi connectivity index (χ2n) is 4.10. The fourth-order valence-electron chi connectivity index (χ4n) is 1.27. The number of carboxylic acids is 1.